The number of carbonyl (C=O) groups excluding carboxylic acids is 1. The minimum atomic E-state index is 0.689. The van der Waals surface area contributed by atoms with Crippen LogP contribution in [0.15, 0.2) is 4.60 Å². The summed E-state index contributed by atoms with van der Waals surface area (Å²) in [5, 5.41) is 4.22. The molecule has 1 aromatic rings. The molecule has 1 aliphatic rings. The summed E-state index contributed by atoms with van der Waals surface area (Å²) in [5.74, 6) is 0. The molecule has 2 rings (SSSR count). The molecule has 0 spiro atoms. The molecule has 0 aliphatic carbocycles. The molecule has 0 N–H and O–H groups in total. The molecule has 1 aromatic heterocycles. The average molecular weight is 229 g/mol. The monoisotopic (exact) mass is 228 g/mol. The van der Waals surface area contributed by atoms with Crippen LogP contribution in [0.25, 0.3) is 0 Å². The summed E-state index contributed by atoms with van der Waals surface area (Å²) in [5.41, 5.74) is 1.82. The zero-order valence-electron chi connectivity index (χ0n) is 6.59. The van der Waals surface area contributed by atoms with Gasteiger partial charge in [0.05, 0.1) is 11.3 Å². The first kappa shape index (κ1) is 7.98. The highest BCUT2D eigenvalue weighted by molar-refractivity contribution is 9.10. The van der Waals surface area contributed by atoms with E-state index in [1.165, 1.54) is 12.8 Å². The summed E-state index contributed by atoms with van der Waals surface area (Å²) in [7, 11) is 0. The first-order valence-electron chi connectivity index (χ1n) is 4.03. The fraction of sp³-hybridized carbons (Fsp3) is 0.500. The van der Waals surface area contributed by atoms with E-state index in [1.54, 1.807) is 0 Å². The van der Waals surface area contributed by atoms with Crippen LogP contribution in [0.3, 0.4) is 0 Å². The van der Waals surface area contributed by atoms with Crippen LogP contribution in [0.4, 0.5) is 0 Å². The molecular weight excluding hydrogens is 220 g/mol. The van der Waals surface area contributed by atoms with Crippen LogP contribution in [0.5, 0.6) is 0 Å². The summed E-state index contributed by atoms with van der Waals surface area (Å²) in [4.78, 5) is 10.7. The maximum atomic E-state index is 10.7. The lowest BCUT2D eigenvalue weighted by Gasteiger charge is -2.12. The Balaban J connectivity index is 2.53. The lowest BCUT2D eigenvalue weighted by Crippen LogP contribution is -2.11. The Hall–Kier alpha value is -0.640. The van der Waals surface area contributed by atoms with Crippen molar-refractivity contribution in [3.05, 3.63) is 15.9 Å². The molecule has 2 heterocycles. The van der Waals surface area contributed by atoms with Crippen molar-refractivity contribution < 1.29 is 4.79 Å². The molecule has 64 valence electrons. The second kappa shape index (κ2) is 3.01. The Labute approximate surface area is 78.9 Å². The number of hydrogen-bond donors (Lipinski definition) is 0. The van der Waals surface area contributed by atoms with Crippen molar-refractivity contribution >= 4 is 22.2 Å². The summed E-state index contributed by atoms with van der Waals surface area (Å²) in [6, 6.07) is 0. The number of hydrogen-bond acceptors (Lipinski definition) is 2. The standard InChI is InChI=1S/C8H9BrN2O/c9-8-6(5-12)7-3-1-2-4-11(7)10-8/h5H,1-4H2. The van der Waals surface area contributed by atoms with Crippen molar-refractivity contribution in [2.24, 2.45) is 0 Å². The second-order valence-electron chi connectivity index (χ2n) is 2.95. The summed E-state index contributed by atoms with van der Waals surface area (Å²) in [6.45, 7) is 0.946. The van der Waals surface area contributed by atoms with E-state index in [2.05, 4.69) is 21.0 Å². The lowest BCUT2D eigenvalue weighted by molar-refractivity contribution is 0.112. The van der Waals surface area contributed by atoms with E-state index in [9.17, 15) is 4.79 Å². The Bertz CT molecular complexity index is 319. The molecule has 0 saturated carbocycles. The number of fused-ring (bicyclic) bond motifs is 1. The van der Waals surface area contributed by atoms with Crippen LogP contribution in [0, 0.1) is 0 Å². The molecule has 0 unspecified atom stereocenters. The quantitative estimate of drug-likeness (QED) is 0.688. The number of halogens is 1. The van der Waals surface area contributed by atoms with Gasteiger partial charge in [-0.3, -0.25) is 9.48 Å². The highest BCUT2D eigenvalue weighted by atomic mass is 79.9. The van der Waals surface area contributed by atoms with Crippen LogP contribution in [-0.2, 0) is 13.0 Å². The molecule has 0 aromatic carbocycles. The van der Waals surface area contributed by atoms with Gasteiger partial charge in [0.15, 0.2) is 6.29 Å². The second-order valence-corrected chi connectivity index (χ2v) is 3.70. The highest BCUT2D eigenvalue weighted by Gasteiger charge is 2.17. The van der Waals surface area contributed by atoms with Gasteiger partial charge in [-0.1, -0.05) is 0 Å². The van der Waals surface area contributed by atoms with Gasteiger partial charge in [0.1, 0.15) is 4.60 Å². The molecule has 1 aliphatic heterocycles. The van der Waals surface area contributed by atoms with Gasteiger partial charge in [0.2, 0.25) is 0 Å². The molecule has 0 fully saturated rings. The Morgan fingerprint density at radius 1 is 1.50 bits per heavy atom. The maximum Gasteiger partial charge on any atom is 0.154 e. The van der Waals surface area contributed by atoms with Crippen LogP contribution in [-0.4, -0.2) is 16.1 Å². The molecule has 0 radical (unpaired) electrons. The first-order valence-corrected chi connectivity index (χ1v) is 4.82. The molecule has 0 bridgehead atoms. The fourth-order valence-electron chi connectivity index (χ4n) is 1.60. The molecule has 0 atom stereocenters. The fourth-order valence-corrected chi connectivity index (χ4v) is 2.11. The Kier molecular flexibility index (Phi) is 2.00. The summed E-state index contributed by atoms with van der Waals surface area (Å²) >= 11 is 3.27. The smallest absolute Gasteiger partial charge is 0.154 e. The zero-order chi connectivity index (χ0) is 8.55. The predicted molar refractivity (Wildman–Crippen MR) is 48.3 cm³/mol. The third-order valence-electron chi connectivity index (χ3n) is 2.20. The van der Waals surface area contributed by atoms with Crippen LogP contribution in [0.1, 0.15) is 28.9 Å². The van der Waals surface area contributed by atoms with Crippen molar-refractivity contribution in [2.45, 2.75) is 25.8 Å². The predicted octanol–water partition coefficient (Wildman–Crippen LogP) is 1.79. The van der Waals surface area contributed by atoms with Crippen molar-refractivity contribution in [1.82, 2.24) is 9.78 Å². The number of aryl methyl sites for hydroxylation is 1. The van der Waals surface area contributed by atoms with Gasteiger partial charge in [-0.15, -0.1) is 0 Å². The van der Waals surface area contributed by atoms with Gasteiger partial charge < -0.3 is 0 Å². The van der Waals surface area contributed by atoms with Crippen molar-refractivity contribution in [1.29, 1.82) is 0 Å². The third-order valence-corrected chi connectivity index (χ3v) is 2.79. The SMILES string of the molecule is O=Cc1c(Br)nn2c1CCCC2. The van der Waals surface area contributed by atoms with E-state index in [0.29, 0.717) is 4.60 Å². The molecule has 12 heavy (non-hydrogen) atoms. The number of nitrogens with zero attached hydrogens (tertiary/aromatic N) is 2. The van der Waals surface area contributed by atoms with Crippen molar-refractivity contribution in [3.63, 3.8) is 0 Å². The largest absolute Gasteiger partial charge is 0.298 e. The summed E-state index contributed by atoms with van der Waals surface area (Å²) < 4.78 is 2.62. The van der Waals surface area contributed by atoms with E-state index in [1.807, 2.05) is 4.68 Å². The average Bonchev–Trinajstić information content (AvgIpc) is 2.40. The Morgan fingerprint density at radius 3 is 3.08 bits per heavy atom. The van der Waals surface area contributed by atoms with Crippen molar-refractivity contribution in [2.75, 3.05) is 0 Å². The van der Waals surface area contributed by atoms with Crippen LogP contribution >= 0.6 is 15.9 Å². The van der Waals surface area contributed by atoms with Gasteiger partial charge in [-0.05, 0) is 35.2 Å². The van der Waals surface area contributed by atoms with Crippen LogP contribution < -0.4 is 0 Å². The zero-order valence-corrected chi connectivity index (χ0v) is 8.17. The number of carbonyl (C=O) groups is 1. The topological polar surface area (TPSA) is 34.9 Å². The number of rotatable bonds is 1. The van der Waals surface area contributed by atoms with Gasteiger partial charge in [0.25, 0.3) is 0 Å². The minimum Gasteiger partial charge on any atom is -0.298 e. The van der Waals surface area contributed by atoms with Gasteiger partial charge in [-0.2, -0.15) is 5.10 Å². The molecule has 4 heteroatoms. The molecular formula is C8H9BrN2O. The van der Waals surface area contributed by atoms with Crippen LogP contribution in [0.2, 0.25) is 0 Å². The van der Waals surface area contributed by atoms with Gasteiger partial charge >= 0.3 is 0 Å². The molecule has 0 amide bonds. The van der Waals surface area contributed by atoms with E-state index in [-0.39, 0.29) is 0 Å². The first-order chi connectivity index (χ1) is 5.83. The summed E-state index contributed by atoms with van der Waals surface area (Å²) in [6.07, 6.45) is 4.19. The molecule has 0 saturated heterocycles. The lowest BCUT2D eigenvalue weighted by atomic mass is 10.1. The number of aromatic nitrogens is 2. The molecule has 3 nitrogen and oxygen atoms in total. The van der Waals surface area contributed by atoms with E-state index < -0.39 is 0 Å². The van der Waals surface area contributed by atoms with E-state index >= 15 is 0 Å². The maximum absolute atomic E-state index is 10.7. The minimum absolute atomic E-state index is 0.689. The van der Waals surface area contributed by atoms with Gasteiger partial charge in [-0.25, -0.2) is 0 Å². The normalized spacial score (nSPS) is 15.8. The van der Waals surface area contributed by atoms with E-state index in [4.69, 9.17) is 0 Å². The van der Waals surface area contributed by atoms with Crippen molar-refractivity contribution in [3.8, 4) is 0 Å². The number of aldehydes is 1. The third kappa shape index (κ3) is 1.10. The van der Waals surface area contributed by atoms with Gasteiger partial charge in [0, 0.05) is 6.54 Å². The Morgan fingerprint density at radius 2 is 2.33 bits per heavy atom. The highest BCUT2D eigenvalue weighted by Crippen LogP contribution is 2.23. The van der Waals surface area contributed by atoms with E-state index in [0.717, 1.165) is 30.5 Å².